The first-order valence-electron chi connectivity index (χ1n) is 14.0. The zero-order chi connectivity index (χ0) is 26.3. The van der Waals surface area contributed by atoms with Crippen LogP contribution in [0.25, 0.3) is 22.5 Å². The molecule has 0 saturated heterocycles. The Morgan fingerprint density at radius 1 is 0.757 bits per heavy atom. The molecule has 0 radical (unpaired) electrons. The van der Waals surface area contributed by atoms with Crippen molar-refractivity contribution in [2.45, 2.75) is 85.0 Å². The number of nitrogens with zero attached hydrogens (tertiary/aromatic N) is 2. The number of unbranched alkanes of at least 4 members (excludes halogenated alkanes) is 5. The highest BCUT2D eigenvalue weighted by atomic mass is 16.5. The Morgan fingerprint density at radius 3 is 2.08 bits per heavy atom. The van der Waals surface area contributed by atoms with E-state index in [2.05, 4.69) is 30.7 Å². The standard InChI is InChI=1S/C32H42N2O3/c1-4-6-11-22-36-29-18-16-27(17-19-29)32-33-23-28(24-34-32)26-14-20-30(21-15-26)37-31(35)13-10-8-7-9-12-25(3)5-2/h14-21,23-25H,4-13,22H2,1-3H3. The van der Waals surface area contributed by atoms with Gasteiger partial charge in [0.1, 0.15) is 11.5 Å². The summed E-state index contributed by atoms with van der Waals surface area (Å²) in [7, 11) is 0. The van der Waals surface area contributed by atoms with Gasteiger partial charge in [0.15, 0.2) is 5.82 Å². The topological polar surface area (TPSA) is 61.3 Å². The smallest absolute Gasteiger partial charge is 0.311 e. The molecular formula is C32H42N2O3. The van der Waals surface area contributed by atoms with Crippen LogP contribution in [0.3, 0.4) is 0 Å². The lowest BCUT2D eigenvalue weighted by Crippen LogP contribution is -2.07. The average molecular weight is 503 g/mol. The fourth-order valence-corrected chi connectivity index (χ4v) is 4.09. The summed E-state index contributed by atoms with van der Waals surface area (Å²) in [4.78, 5) is 21.3. The zero-order valence-electron chi connectivity index (χ0n) is 22.7. The van der Waals surface area contributed by atoms with Gasteiger partial charge in [0.2, 0.25) is 0 Å². The number of ether oxygens (including phenoxy) is 2. The predicted molar refractivity (Wildman–Crippen MR) is 151 cm³/mol. The minimum absolute atomic E-state index is 0.167. The second-order valence-electron chi connectivity index (χ2n) is 9.84. The Kier molecular flexibility index (Phi) is 12.1. The maximum Gasteiger partial charge on any atom is 0.311 e. The van der Waals surface area contributed by atoms with Crippen LogP contribution in [0.5, 0.6) is 11.5 Å². The molecule has 198 valence electrons. The highest BCUT2D eigenvalue weighted by Crippen LogP contribution is 2.24. The summed E-state index contributed by atoms with van der Waals surface area (Å²) in [5.41, 5.74) is 2.84. The largest absolute Gasteiger partial charge is 0.494 e. The molecule has 5 nitrogen and oxygen atoms in total. The molecule has 1 unspecified atom stereocenters. The van der Waals surface area contributed by atoms with Crippen molar-refractivity contribution in [2.24, 2.45) is 5.92 Å². The molecular weight excluding hydrogens is 460 g/mol. The van der Waals surface area contributed by atoms with Gasteiger partial charge in [0.25, 0.3) is 0 Å². The quantitative estimate of drug-likeness (QED) is 0.111. The van der Waals surface area contributed by atoms with Crippen LogP contribution in [-0.4, -0.2) is 22.5 Å². The van der Waals surface area contributed by atoms with Crippen molar-refractivity contribution >= 4 is 5.97 Å². The first-order valence-corrected chi connectivity index (χ1v) is 14.0. The van der Waals surface area contributed by atoms with Gasteiger partial charge in [-0.3, -0.25) is 4.79 Å². The first-order chi connectivity index (χ1) is 18.1. The first kappa shape index (κ1) is 28.4. The Hall–Kier alpha value is -3.21. The van der Waals surface area contributed by atoms with Crippen LogP contribution in [0.4, 0.5) is 0 Å². The van der Waals surface area contributed by atoms with Gasteiger partial charge in [-0.2, -0.15) is 0 Å². The summed E-state index contributed by atoms with van der Waals surface area (Å²) in [5, 5.41) is 0. The normalized spacial score (nSPS) is 11.8. The van der Waals surface area contributed by atoms with E-state index in [4.69, 9.17) is 9.47 Å². The second-order valence-corrected chi connectivity index (χ2v) is 9.84. The van der Waals surface area contributed by atoms with E-state index < -0.39 is 0 Å². The highest BCUT2D eigenvalue weighted by Gasteiger charge is 2.08. The van der Waals surface area contributed by atoms with Crippen LogP contribution in [0, 0.1) is 5.92 Å². The fourth-order valence-electron chi connectivity index (χ4n) is 4.09. The average Bonchev–Trinajstić information content (AvgIpc) is 2.94. The van der Waals surface area contributed by atoms with Crippen molar-refractivity contribution < 1.29 is 14.3 Å². The van der Waals surface area contributed by atoms with Crippen molar-refractivity contribution in [3.05, 3.63) is 60.9 Å². The van der Waals surface area contributed by atoms with Gasteiger partial charge in [0, 0.05) is 29.9 Å². The van der Waals surface area contributed by atoms with E-state index in [1.165, 1.54) is 38.5 Å². The molecule has 3 rings (SSSR count). The highest BCUT2D eigenvalue weighted by molar-refractivity contribution is 5.73. The summed E-state index contributed by atoms with van der Waals surface area (Å²) in [6, 6.07) is 15.4. The van der Waals surface area contributed by atoms with E-state index in [0.717, 1.165) is 54.2 Å². The Balaban J connectivity index is 1.44. The third-order valence-electron chi connectivity index (χ3n) is 6.73. The van der Waals surface area contributed by atoms with E-state index in [9.17, 15) is 4.79 Å². The molecule has 2 aromatic carbocycles. The minimum Gasteiger partial charge on any atom is -0.494 e. The number of rotatable bonds is 16. The summed E-state index contributed by atoms with van der Waals surface area (Å²) in [6.07, 6.45) is 14.5. The van der Waals surface area contributed by atoms with E-state index in [-0.39, 0.29) is 5.97 Å². The lowest BCUT2D eigenvalue weighted by Gasteiger charge is -2.08. The minimum atomic E-state index is -0.167. The third-order valence-corrected chi connectivity index (χ3v) is 6.73. The van der Waals surface area contributed by atoms with Crippen molar-refractivity contribution in [3.8, 4) is 34.0 Å². The fraction of sp³-hybridized carbons (Fsp3) is 0.469. The van der Waals surface area contributed by atoms with Crippen LogP contribution in [0.1, 0.15) is 85.0 Å². The molecule has 0 N–H and O–H groups in total. The van der Waals surface area contributed by atoms with Crippen LogP contribution < -0.4 is 9.47 Å². The number of hydrogen-bond donors (Lipinski definition) is 0. The summed E-state index contributed by atoms with van der Waals surface area (Å²) < 4.78 is 11.3. The van der Waals surface area contributed by atoms with Crippen molar-refractivity contribution in [1.82, 2.24) is 9.97 Å². The van der Waals surface area contributed by atoms with E-state index >= 15 is 0 Å². The molecule has 3 aromatic rings. The molecule has 1 aromatic heterocycles. The van der Waals surface area contributed by atoms with Gasteiger partial charge in [-0.05, 0) is 60.7 Å². The van der Waals surface area contributed by atoms with Gasteiger partial charge in [-0.25, -0.2) is 9.97 Å². The van der Waals surface area contributed by atoms with Crippen molar-refractivity contribution in [3.63, 3.8) is 0 Å². The van der Waals surface area contributed by atoms with E-state index in [1.807, 2.05) is 60.9 Å². The molecule has 1 heterocycles. The van der Waals surface area contributed by atoms with Crippen molar-refractivity contribution in [2.75, 3.05) is 6.61 Å². The lowest BCUT2D eigenvalue weighted by molar-refractivity contribution is -0.134. The lowest BCUT2D eigenvalue weighted by atomic mass is 10.0. The molecule has 37 heavy (non-hydrogen) atoms. The molecule has 1 atom stereocenters. The molecule has 0 aliphatic rings. The Bertz CT molecular complexity index is 1050. The molecule has 0 fully saturated rings. The van der Waals surface area contributed by atoms with Crippen LogP contribution in [0.15, 0.2) is 60.9 Å². The number of carbonyl (C=O) groups is 1. The van der Waals surface area contributed by atoms with Crippen LogP contribution >= 0.6 is 0 Å². The number of carbonyl (C=O) groups excluding carboxylic acids is 1. The van der Waals surface area contributed by atoms with E-state index in [1.54, 1.807) is 0 Å². The number of aromatic nitrogens is 2. The van der Waals surface area contributed by atoms with E-state index in [0.29, 0.717) is 18.0 Å². The number of hydrogen-bond acceptors (Lipinski definition) is 5. The van der Waals surface area contributed by atoms with Gasteiger partial charge in [0.05, 0.1) is 6.61 Å². The third kappa shape index (κ3) is 9.99. The molecule has 0 spiro atoms. The molecule has 5 heteroatoms. The van der Waals surface area contributed by atoms with Crippen LogP contribution in [0.2, 0.25) is 0 Å². The maximum absolute atomic E-state index is 12.2. The van der Waals surface area contributed by atoms with Gasteiger partial charge < -0.3 is 9.47 Å². The molecule has 0 aliphatic carbocycles. The summed E-state index contributed by atoms with van der Waals surface area (Å²) in [6.45, 7) is 7.47. The molecule has 0 bridgehead atoms. The monoisotopic (exact) mass is 502 g/mol. The molecule has 0 saturated carbocycles. The van der Waals surface area contributed by atoms with Crippen molar-refractivity contribution in [1.29, 1.82) is 0 Å². The number of esters is 1. The Morgan fingerprint density at radius 2 is 1.41 bits per heavy atom. The number of benzene rings is 2. The summed E-state index contributed by atoms with van der Waals surface area (Å²) >= 11 is 0. The molecule has 0 amide bonds. The Labute approximate surface area is 222 Å². The SMILES string of the molecule is CCCCCOc1ccc(-c2ncc(-c3ccc(OC(=O)CCCCCCC(C)CC)cc3)cn2)cc1. The summed E-state index contributed by atoms with van der Waals surface area (Å²) in [5.74, 6) is 2.75. The zero-order valence-corrected chi connectivity index (χ0v) is 22.7. The van der Waals surface area contributed by atoms with Gasteiger partial charge >= 0.3 is 5.97 Å². The maximum atomic E-state index is 12.2. The predicted octanol–water partition coefficient (Wildman–Crippen LogP) is 8.67. The molecule has 0 aliphatic heterocycles. The van der Waals surface area contributed by atoms with Gasteiger partial charge in [-0.15, -0.1) is 0 Å². The van der Waals surface area contributed by atoms with Crippen LogP contribution in [-0.2, 0) is 4.79 Å². The second kappa shape index (κ2) is 15.8. The van der Waals surface area contributed by atoms with Gasteiger partial charge in [-0.1, -0.05) is 77.8 Å².